The minimum Gasteiger partial charge on any atom is -0.466 e. The molecule has 1 aliphatic rings. The van der Waals surface area contributed by atoms with Gasteiger partial charge < -0.3 is 10.1 Å². The molecule has 0 saturated carbocycles. The first kappa shape index (κ1) is 14.4. The predicted molar refractivity (Wildman–Crippen MR) is 65.5 cm³/mol. The van der Waals surface area contributed by atoms with E-state index in [1.165, 1.54) is 0 Å². The Labute approximate surface area is 103 Å². The van der Waals surface area contributed by atoms with Crippen molar-refractivity contribution in [1.29, 1.82) is 0 Å². The van der Waals surface area contributed by atoms with E-state index in [1.807, 2.05) is 6.92 Å². The summed E-state index contributed by atoms with van der Waals surface area (Å²) in [7, 11) is -2.81. The number of nitrogens with one attached hydrogen (secondary N) is 1. The van der Waals surface area contributed by atoms with Crippen LogP contribution in [0.25, 0.3) is 0 Å². The van der Waals surface area contributed by atoms with Crippen molar-refractivity contribution in [2.45, 2.75) is 32.7 Å². The maximum absolute atomic E-state index is 11.2. The molecule has 0 radical (unpaired) electrons. The van der Waals surface area contributed by atoms with E-state index in [9.17, 15) is 13.2 Å². The number of rotatable bonds is 6. The van der Waals surface area contributed by atoms with Crippen molar-refractivity contribution in [2.24, 2.45) is 5.92 Å². The summed E-state index contributed by atoms with van der Waals surface area (Å²) < 4.78 is 27.3. The molecule has 1 aliphatic heterocycles. The molecule has 2 unspecified atom stereocenters. The van der Waals surface area contributed by atoms with E-state index in [0.29, 0.717) is 25.3 Å². The molecule has 17 heavy (non-hydrogen) atoms. The van der Waals surface area contributed by atoms with Gasteiger partial charge in [0.1, 0.15) is 0 Å². The average Bonchev–Trinajstić information content (AvgIpc) is 2.55. The second kappa shape index (κ2) is 6.35. The molecule has 1 rings (SSSR count). The maximum atomic E-state index is 11.2. The Kier molecular flexibility index (Phi) is 5.39. The number of ether oxygens (including phenoxy) is 1. The number of hydrogen-bond acceptors (Lipinski definition) is 5. The van der Waals surface area contributed by atoms with Crippen molar-refractivity contribution in [3.05, 3.63) is 0 Å². The zero-order chi connectivity index (χ0) is 12.9. The summed E-state index contributed by atoms with van der Waals surface area (Å²) in [6, 6.07) is 0.0253. The van der Waals surface area contributed by atoms with Crippen molar-refractivity contribution in [1.82, 2.24) is 5.32 Å². The van der Waals surface area contributed by atoms with E-state index >= 15 is 0 Å². The van der Waals surface area contributed by atoms with E-state index in [-0.39, 0.29) is 23.7 Å². The quantitative estimate of drug-likeness (QED) is 0.700. The number of esters is 1. The van der Waals surface area contributed by atoms with Gasteiger partial charge in [-0.2, -0.15) is 0 Å². The Morgan fingerprint density at radius 2 is 2.24 bits per heavy atom. The molecule has 0 aromatic heterocycles. The van der Waals surface area contributed by atoms with E-state index in [4.69, 9.17) is 4.74 Å². The van der Waals surface area contributed by atoms with Crippen LogP contribution in [-0.2, 0) is 19.4 Å². The molecule has 2 atom stereocenters. The lowest BCUT2D eigenvalue weighted by Gasteiger charge is -2.15. The van der Waals surface area contributed by atoms with Crippen LogP contribution < -0.4 is 5.32 Å². The third kappa shape index (κ3) is 5.50. The highest BCUT2D eigenvalue weighted by Crippen LogP contribution is 2.17. The van der Waals surface area contributed by atoms with Crippen LogP contribution in [0.4, 0.5) is 0 Å². The fourth-order valence-electron chi connectivity index (χ4n) is 1.94. The Morgan fingerprint density at radius 1 is 1.53 bits per heavy atom. The molecule has 0 aliphatic carbocycles. The lowest BCUT2D eigenvalue weighted by molar-refractivity contribution is -0.143. The Hall–Kier alpha value is -0.620. The Balaban J connectivity index is 2.20. The summed E-state index contributed by atoms with van der Waals surface area (Å²) >= 11 is 0. The van der Waals surface area contributed by atoms with Gasteiger partial charge in [0.2, 0.25) is 0 Å². The van der Waals surface area contributed by atoms with Gasteiger partial charge in [-0.25, -0.2) is 8.42 Å². The molecule has 100 valence electrons. The van der Waals surface area contributed by atoms with Crippen LogP contribution in [-0.4, -0.2) is 45.1 Å². The zero-order valence-electron chi connectivity index (χ0n) is 10.4. The van der Waals surface area contributed by atoms with Gasteiger partial charge in [0.05, 0.1) is 24.5 Å². The molecule has 0 bridgehead atoms. The van der Waals surface area contributed by atoms with E-state index in [1.54, 1.807) is 6.92 Å². The minimum atomic E-state index is -2.81. The molecule has 0 aromatic carbocycles. The third-order valence-corrected chi connectivity index (χ3v) is 4.70. The standard InChI is InChI=1S/C11H21NO4S/c1-3-16-11(13)6-9(2)12-7-10-4-5-17(14,15)8-10/h9-10,12H,3-8H2,1-2H3. The number of carbonyl (C=O) groups excluding carboxylic acids is 1. The average molecular weight is 263 g/mol. The van der Waals surface area contributed by atoms with E-state index < -0.39 is 9.84 Å². The number of sulfone groups is 1. The van der Waals surface area contributed by atoms with E-state index in [2.05, 4.69) is 5.32 Å². The number of carbonyl (C=O) groups is 1. The Morgan fingerprint density at radius 3 is 2.76 bits per heavy atom. The first-order valence-corrected chi connectivity index (χ1v) is 7.84. The topological polar surface area (TPSA) is 72.5 Å². The fraction of sp³-hybridized carbons (Fsp3) is 0.909. The van der Waals surface area contributed by atoms with Gasteiger partial charge in [0.15, 0.2) is 9.84 Å². The lowest BCUT2D eigenvalue weighted by Crippen LogP contribution is -2.33. The smallest absolute Gasteiger partial charge is 0.307 e. The molecule has 1 N–H and O–H groups in total. The zero-order valence-corrected chi connectivity index (χ0v) is 11.3. The van der Waals surface area contributed by atoms with Gasteiger partial charge in [-0.15, -0.1) is 0 Å². The molecule has 1 fully saturated rings. The van der Waals surface area contributed by atoms with Crippen LogP contribution in [0.3, 0.4) is 0 Å². The Bertz CT molecular complexity index is 352. The van der Waals surface area contributed by atoms with Crippen LogP contribution in [0.5, 0.6) is 0 Å². The minimum absolute atomic E-state index is 0.0253. The van der Waals surface area contributed by atoms with Crippen LogP contribution in [0.15, 0.2) is 0 Å². The van der Waals surface area contributed by atoms with Crippen molar-refractivity contribution < 1.29 is 17.9 Å². The second-order valence-electron chi connectivity index (χ2n) is 4.59. The molecular formula is C11H21NO4S. The molecule has 5 nitrogen and oxygen atoms in total. The SMILES string of the molecule is CCOC(=O)CC(C)NCC1CCS(=O)(=O)C1. The first-order valence-electron chi connectivity index (χ1n) is 6.02. The maximum Gasteiger partial charge on any atom is 0.307 e. The highest BCUT2D eigenvalue weighted by atomic mass is 32.2. The van der Waals surface area contributed by atoms with Gasteiger partial charge >= 0.3 is 5.97 Å². The second-order valence-corrected chi connectivity index (χ2v) is 6.82. The van der Waals surface area contributed by atoms with Crippen molar-refractivity contribution >= 4 is 15.8 Å². The van der Waals surface area contributed by atoms with Crippen LogP contribution in [0, 0.1) is 5.92 Å². The van der Waals surface area contributed by atoms with E-state index in [0.717, 1.165) is 6.42 Å². The predicted octanol–water partition coefficient (Wildman–Crippen LogP) is 0.352. The first-order chi connectivity index (χ1) is 7.93. The summed E-state index contributed by atoms with van der Waals surface area (Å²) in [6.45, 7) is 4.73. The summed E-state index contributed by atoms with van der Waals surface area (Å²) in [5.74, 6) is 0.536. The molecule has 0 spiro atoms. The van der Waals surface area contributed by atoms with Gasteiger partial charge in [-0.3, -0.25) is 4.79 Å². The van der Waals surface area contributed by atoms with Gasteiger partial charge in [-0.05, 0) is 32.7 Å². The van der Waals surface area contributed by atoms with Gasteiger partial charge in [0.25, 0.3) is 0 Å². The highest BCUT2D eigenvalue weighted by molar-refractivity contribution is 7.91. The molecule has 0 aromatic rings. The normalized spacial score (nSPS) is 24.5. The van der Waals surface area contributed by atoms with Crippen LogP contribution in [0.2, 0.25) is 0 Å². The van der Waals surface area contributed by atoms with Gasteiger partial charge in [-0.1, -0.05) is 0 Å². The lowest BCUT2D eigenvalue weighted by atomic mass is 10.1. The number of hydrogen-bond donors (Lipinski definition) is 1. The summed E-state index contributed by atoms with van der Waals surface area (Å²) in [5, 5.41) is 3.19. The molecule has 6 heteroatoms. The fourth-order valence-corrected chi connectivity index (χ4v) is 3.80. The van der Waals surface area contributed by atoms with Crippen LogP contribution >= 0.6 is 0 Å². The molecular weight excluding hydrogens is 242 g/mol. The van der Waals surface area contributed by atoms with Crippen LogP contribution in [0.1, 0.15) is 26.7 Å². The summed E-state index contributed by atoms with van der Waals surface area (Å²) in [4.78, 5) is 11.2. The van der Waals surface area contributed by atoms with Crippen molar-refractivity contribution in [3.8, 4) is 0 Å². The summed E-state index contributed by atoms with van der Waals surface area (Å²) in [6.07, 6.45) is 1.05. The highest BCUT2D eigenvalue weighted by Gasteiger charge is 2.27. The molecule has 0 amide bonds. The van der Waals surface area contributed by atoms with Gasteiger partial charge in [0, 0.05) is 6.04 Å². The molecule has 1 saturated heterocycles. The third-order valence-electron chi connectivity index (χ3n) is 2.86. The van der Waals surface area contributed by atoms with Crippen molar-refractivity contribution in [2.75, 3.05) is 24.7 Å². The largest absolute Gasteiger partial charge is 0.466 e. The molecule has 1 heterocycles. The summed E-state index contributed by atoms with van der Waals surface area (Å²) in [5.41, 5.74) is 0. The van der Waals surface area contributed by atoms with Crippen molar-refractivity contribution in [3.63, 3.8) is 0 Å². The monoisotopic (exact) mass is 263 g/mol.